The molecule has 2 N–H and O–H groups in total. The van der Waals surface area contributed by atoms with Crippen LogP contribution < -0.4 is 5.32 Å². The molecule has 1 unspecified atom stereocenters. The number of ether oxygens (including phenoxy) is 2. The summed E-state index contributed by atoms with van der Waals surface area (Å²) in [5.74, 6) is -2.62. The van der Waals surface area contributed by atoms with Crippen LogP contribution in [0.25, 0.3) is 0 Å². The van der Waals surface area contributed by atoms with Gasteiger partial charge < -0.3 is 24.8 Å². The highest BCUT2D eigenvalue weighted by Crippen LogP contribution is 2.60. The Morgan fingerprint density at radius 3 is 2.68 bits per heavy atom. The first-order valence-electron chi connectivity index (χ1n) is 11.5. The van der Waals surface area contributed by atoms with Crippen LogP contribution >= 0.6 is 15.9 Å². The molecule has 0 aromatic rings. The number of halogens is 1. The lowest BCUT2D eigenvalue weighted by molar-refractivity contribution is -0.155. The summed E-state index contributed by atoms with van der Waals surface area (Å²) in [7, 11) is 0. The number of hydrogen-bond donors (Lipinski definition) is 2. The average molecular weight is 503 g/mol. The fourth-order valence-electron chi connectivity index (χ4n) is 5.53. The van der Waals surface area contributed by atoms with E-state index >= 15 is 0 Å². The average Bonchev–Trinajstić information content (AvgIpc) is 3.32. The van der Waals surface area contributed by atoms with Gasteiger partial charge in [0.15, 0.2) is 0 Å². The number of nitrogens with one attached hydrogen (secondary N) is 1. The zero-order chi connectivity index (χ0) is 22.9. The monoisotopic (exact) mass is 502 g/mol. The molecule has 3 fully saturated rings. The quantitative estimate of drug-likeness (QED) is 0.267. The summed E-state index contributed by atoms with van der Waals surface area (Å²) < 4.78 is 11.7. The topological polar surface area (TPSA) is 105 Å². The number of amides is 2. The SMILES string of the molecule is CCCCNC(=O)[C@H]1N([C@@H](CO)[C@@H](C)CC)C(=O)[C@@H]2[C@@H](C(=O)OCC)[C@@H]3O[C@@]21CC3Br. The minimum atomic E-state index is -1.11. The number of nitrogens with zero attached hydrogens (tertiary/aromatic N) is 1. The van der Waals surface area contributed by atoms with Gasteiger partial charge in [-0.3, -0.25) is 14.4 Å². The number of carbonyl (C=O) groups is 3. The van der Waals surface area contributed by atoms with Gasteiger partial charge in [-0.05, 0) is 25.7 Å². The van der Waals surface area contributed by atoms with Gasteiger partial charge in [-0.2, -0.15) is 0 Å². The Labute approximate surface area is 192 Å². The van der Waals surface area contributed by atoms with Crippen LogP contribution in [-0.2, 0) is 23.9 Å². The van der Waals surface area contributed by atoms with Gasteiger partial charge in [-0.1, -0.05) is 49.5 Å². The van der Waals surface area contributed by atoms with Gasteiger partial charge in [-0.25, -0.2) is 0 Å². The molecular weight excluding hydrogens is 468 g/mol. The van der Waals surface area contributed by atoms with Crippen molar-refractivity contribution in [2.75, 3.05) is 19.8 Å². The van der Waals surface area contributed by atoms with Crippen LogP contribution in [0.1, 0.15) is 53.4 Å². The molecule has 8 nitrogen and oxygen atoms in total. The highest BCUT2D eigenvalue weighted by Gasteiger charge is 2.77. The fourth-order valence-corrected chi connectivity index (χ4v) is 6.47. The van der Waals surface area contributed by atoms with Crippen molar-refractivity contribution in [1.82, 2.24) is 10.2 Å². The standard InChI is InChI=1S/C22H35BrN2O6/c1-5-8-9-24-19(27)18-22-10-13(23)17(31-22)15(21(29)30-7-3)16(22)20(28)25(18)14(11-26)12(4)6-2/h12-18,26H,5-11H2,1-4H3,(H,24,27)/t12-,13?,14-,15+,16-,17+,18+,22-/m0/s1. The molecule has 176 valence electrons. The van der Waals surface area contributed by atoms with E-state index in [4.69, 9.17) is 9.47 Å². The maximum atomic E-state index is 13.8. The smallest absolute Gasteiger partial charge is 0.312 e. The number of unbranched alkanes of at least 4 members (excludes halogenated alkanes) is 1. The van der Waals surface area contributed by atoms with Crippen molar-refractivity contribution < 1.29 is 29.0 Å². The van der Waals surface area contributed by atoms with Crippen molar-refractivity contribution in [2.24, 2.45) is 17.8 Å². The normalized spacial score (nSPS) is 35.7. The number of hydrogen-bond acceptors (Lipinski definition) is 6. The number of carbonyl (C=O) groups excluding carboxylic acids is 3. The Bertz CT molecular complexity index is 705. The molecule has 1 spiro atoms. The summed E-state index contributed by atoms with van der Waals surface area (Å²) in [5, 5.41) is 13.2. The van der Waals surface area contributed by atoms with Gasteiger partial charge in [0.05, 0.1) is 37.2 Å². The summed E-state index contributed by atoms with van der Waals surface area (Å²) in [6.45, 7) is 8.17. The van der Waals surface area contributed by atoms with Gasteiger partial charge in [0, 0.05) is 11.4 Å². The van der Waals surface area contributed by atoms with Gasteiger partial charge in [0.25, 0.3) is 0 Å². The van der Waals surface area contributed by atoms with Crippen LogP contribution in [0, 0.1) is 17.8 Å². The third-order valence-electron chi connectivity index (χ3n) is 7.21. The molecule has 0 aromatic carbocycles. The Hall–Kier alpha value is -1.19. The largest absolute Gasteiger partial charge is 0.466 e. The second kappa shape index (κ2) is 9.75. The first-order chi connectivity index (χ1) is 14.8. The summed E-state index contributed by atoms with van der Waals surface area (Å²) in [4.78, 5) is 41.4. The first kappa shape index (κ1) is 24.5. The number of likely N-dealkylation sites (tertiary alicyclic amines) is 1. The molecule has 3 heterocycles. The Morgan fingerprint density at radius 1 is 1.39 bits per heavy atom. The predicted molar refractivity (Wildman–Crippen MR) is 117 cm³/mol. The molecule has 8 atom stereocenters. The number of aliphatic hydroxyl groups excluding tert-OH is 1. The van der Waals surface area contributed by atoms with Crippen LogP contribution in [0.2, 0.25) is 0 Å². The lowest BCUT2D eigenvalue weighted by atomic mass is 9.70. The van der Waals surface area contributed by atoms with Crippen molar-refractivity contribution in [3.63, 3.8) is 0 Å². The van der Waals surface area contributed by atoms with Crippen LogP contribution in [0.15, 0.2) is 0 Å². The molecule has 3 aliphatic heterocycles. The number of fused-ring (bicyclic) bond motifs is 1. The maximum absolute atomic E-state index is 13.8. The van der Waals surface area contributed by atoms with E-state index in [1.165, 1.54) is 4.90 Å². The first-order valence-corrected chi connectivity index (χ1v) is 12.4. The molecule has 0 saturated carbocycles. The molecular formula is C22H35BrN2O6. The molecule has 3 aliphatic rings. The molecule has 9 heteroatoms. The molecule has 0 aliphatic carbocycles. The Balaban J connectivity index is 2.05. The summed E-state index contributed by atoms with van der Waals surface area (Å²) in [6, 6.07) is -1.42. The van der Waals surface area contributed by atoms with Gasteiger partial charge in [0.1, 0.15) is 11.6 Å². The second-order valence-corrected chi connectivity index (χ2v) is 10.1. The van der Waals surface area contributed by atoms with Crippen molar-refractivity contribution >= 4 is 33.7 Å². The minimum absolute atomic E-state index is 0.0203. The van der Waals surface area contributed by atoms with Crippen LogP contribution in [0.5, 0.6) is 0 Å². The zero-order valence-electron chi connectivity index (χ0n) is 18.8. The Morgan fingerprint density at radius 2 is 2.10 bits per heavy atom. The molecule has 3 saturated heterocycles. The van der Waals surface area contributed by atoms with Crippen molar-refractivity contribution in [3.8, 4) is 0 Å². The van der Waals surface area contributed by atoms with Gasteiger partial charge in [-0.15, -0.1) is 0 Å². The lowest BCUT2D eigenvalue weighted by Crippen LogP contribution is -2.59. The predicted octanol–water partition coefficient (Wildman–Crippen LogP) is 1.62. The molecule has 2 amide bonds. The van der Waals surface area contributed by atoms with Gasteiger partial charge in [0.2, 0.25) is 11.8 Å². The van der Waals surface area contributed by atoms with E-state index in [2.05, 4.69) is 21.2 Å². The highest BCUT2D eigenvalue weighted by molar-refractivity contribution is 9.09. The van der Waals surface area contributed by atoms with E-state index in [0.717, 1.165) is 19.3 Å². The summed E-state index contributed by atoms with van der Waals surface area (Å²) >= 11 is 3.62. The molecule has 0 aromatic heterocycles. The van der Waals surface area contributed by atoms with E-state index in [9.17, 15) is 19.5 Å². The van der Waals surface area contributed by atoms with E-state index in [1.807, 2.05) is 20.8 Å². The molecule has 0 radical (unpaired) electrons. The van der Waals surface area contributed by atoms with E-state index in [1.54, 1.807) is 6.92 Å². The van der Waals surface area contributed by atoms with Crippen molar-refractivity contribution in [1.29, 1.82) is 0 Å². The molecule has 2 bridgehead atoms. The Kier molecular flexibility index (Phi) is 7.69. The second-order valence-electron chi connectivity index (χ2n) is 8.94. The number of aliphatic hydroxyl groups is 1. The summed E-state index contributed by atoms with van der Waals surface area (Å²) in [5.41, 5.74) is -1.11. The number of alkyl halides is 1. The molecule has 31 heavy (non-hydrogen) atoms. The number of esters is 1. The fraction of sp³-hybridized carbons (Fsp3) is 0.864. The third-order valence-corrected chi connectivity index (χ3v) is 8.05. The lowest BCUT2D eigenvalue weighted by Gasteiger charge is -2.38. The zero-order valence-corrected chi connectivity index (χ0v) is 20.4. The third kappa shape index (κ3) is 3.91. The molecule has 3 rings (SSSR count). The van der Waals surface area contributed by atoms with Crippen molar-refractivity contribution in [2.45, 2.75) is 82.0 Å². The summed E-state index contributed by atoms with van der Waals surface area (Å²) in [6.07, 6.45) is 2.43. The van der Waals surface area contributed by atoms with Crippen LogP contribution in [0.3, 0.4) is 0 Å². The van der Waals surface area contributed by atoms with Gasteiger partial charge >= 0.3 is 5.97 Å². The van der Waals surface area contributed by atoms with E-state index in [-0.39, 0.29) is 35.8 Å². The van der Waals surface area contributed by atoms with Crippen LogP contribution in [-0.4, -0.2) is 76.2 Å². The highest BCUT2D eigenvalue weighted by atomic mass is 79.9. The van der Waals surface area contributed by atoms with Crippen LogP contribution in [0.4, 0.5) is 0 Å². The van der Waals surface area contributed by atoms with E-state index in [0.29, 0.717) is 13.0 Å². The van der Waals surface area contributed by atoms with Crippen molar-refractivity contribution in [3.05, 3.63) is 0 Å². The maximum Gasteiger partial charge on any atom is 0.312 e. The minimum Gasteiger partial charge on any atom is -0.466 e. The number of rotatable bonds is 10. The van der Waals surface area contributed by atoms with E-state index < -0.39 is 41.6 Å².